The van der Waals surface area contributed by atoms with Crippen LogP contribution in [0, 0.1) is 10.1 Å². The summed E-state index contributed by atoms with van der Waals surface area (Å²) in [7, 11) is -3.81. The Bertz CT molecular complexity index is 833. The Morgan fingerprint density at radius 3 is 2.48 bits per heavy atom. The number of rotatable bonds is 3. The second-order valence-corrected chi connectivity index (χ2v) is 6.87. The molecule has 23 heavy (non-hydrogen) atoms. The average Bonchev–Trinajstić information content (AvgIpc) is 2.77. The van der Waals surface area contributed by atoms with Crippen molar-refractivity contribution >= 4 is 21.4 Å². The summed E-state index contributed by atoms with van der Waals surface area (Å²) in [6.45, 7) is 0.819. The number of nitro groups is 1. The monoisotopic (exact) mass is 334 g/mol. The van der Waals surface area contributed by atoms with E-state index in [1.807, 2.05) is 12.1 Å². The fourth-order valence-electron chi connectivity index (χ4n) is 2.44. The molecule has 0 spiro atoms. The SMILES string of the molecule is O=[N+]([O-])c1ccc(S(=O)(=O)N2CCOCc3ccccc32)cc1. The molecule has 3 rings (SSSR count). The Hall–Kier alpha value is -2.45. The minimum Gasteiger partial charge on any atom is -0.375 e. The summed E-state index contributed by atoms with van der Waals surface area (Å²) in [4.78, 5) is 10.2. The topological polar surface area (TPSA) is 89.8 Å². The van der Waals surface area contributed by atoms with Crippen molar-refractivity contribution in [1.29, 1.82) is 0 Å². The maximum absolute atomic E-state index is 12.9. The number of nitrogens with zero attached hydrogens (tertiary/aromatic N) is 2. The minimum atomic E-state index is -3.81. The lowest BCUT2D eigenvalue weighted by molar-refractivity contribution is -0.384. The van der Waals surface area contributed by atoms with E-state index in [0.29, 0.717) is 12.3 Å². The molecule has 120 valence electrons. The molecule has 0 N–H and O–H groups in total. The van der Waals surface area contributed by atoms with E-state index in [1.54, 1.807) is 12.1 Å². The first-order valence-electron chi connectivity index (χ1n) is 6.93. The highest BCUT2D eigenvalue weighted by molar-refractivity contribution is 7.92. The van der Waals surface area contributed by atoms with Gasteiger partial charge in [0.2, 0.25) is 0 Å². The van der Waals surface area contributed by atoms with Gasteiger partial charge in [-0.15, -0.1) is 0 Å². The van der Waals surface area contributed by atoms with Crippen LogP contribution in [0.5, 0.6) is 0 Å². The number of hydrogen-bond acceptors (Lipinski definition) is 5. The molecule has 1 aliphatic heterocycles. The zero-order valence-electron chi connectivity index (χ0n) is 12.1. The number of fused-ring (bicyclic) bond motifs is 1. The second kappa shape index (κ2) is 5.98. The molecule has 7 nitrogen and oxygen atoms in total. The third-order valence-corrected chi connectivity index (χ3v) is 5.42. The molecular formula is C15H14N2O5S. The first-order chi connectivity index (χ1) is 11.0. The van der Waals surface area contributed by atoms with Crippen molar-refractivity contribution in [3.8, 4) is 0 Å². The predicted octanol–water partition coefficient (Wildman–Crippen LogP) is 2.32. The van der Waals surface area contributed by atoms with Crippen LogP contribution in [0.25, 0.3) is 0 Å². The summed E-state index contributed by atoms with van der Waals surface area (Å²) in [6, 6.07) is 12.0. The van der Waals surface area contributed by atoms with Crippen LogP contribution in [0.1, 0.15) is 5.56 Å². The van der Waals surface area contributed by atoms with Crippen LogP contribution in [0.15, 0.2) is 53.4 Å². The van der Waals surface area contributed by atoms with Gasteiger partial charge in [-0.3, -0.25) is 14.4 Å². The van der Waals surface area contributed by atoms with Crippen LogP contribution in [-0.4, -0.2) is 26.5 Å². The molecule has 1 heterocycles. The highest BCUT2D eigenvalue weighted by atomic mass is 32.2. The number of ether oxygens (including phenoxy) is 1. The molecular weight excluding hydrogens is 320 g/mol. The van der Waals surface area contributed by atoms with Crippen molar-refractivity contribution in [3.63, 3.8) is 0 Å². The highest BCUT2D eigenvalue weighted by Crippen LogP contribution is 2.29. The van der Waals surface area contributed by atoms with Crippen LogP contribution >= 0.6 is 0 Å². The van der Waals surface area contributed by atoms with Crippen LogP contribution in [0.4, 0.5) is 11.4 Å². The van der Waals surface area contributed by atoms with Crippen molar-refractivity contribution in [2.45, 2.75) is 11.5 Å². The van der Waals surface area contributed by atoms with E-state index >= 15 is 0 Å². The van der Waals surface area contributed by atoms with Crippen molar-refractivity contribution < 1.29 is 18.1 Å². The smallest absolute Gasteiger partial charge is 0.269 e. The molecule has 0 aromatic heterocycles. The Morgan fingerprint density at radius 2 is 1.78 bits per heavy atom. The van der Waals surface area contributed by atoms with E-state index in [4.69, 9.17) is 4.74 Å². The number of anilines is 1. The van der Waals surface area contributed by atoms with Crippen LogP contribution in [0.3, 0.4) is 0 Å². The zero-order chi connectivity index (χ0) is 16.4. The minimum absolute atomic E-state index is 0.0137. The number of hydrogen-bond donors (Lipinski definition) is 0. The number of sulfonamides is 1. The molecule has 0 radical (unpaired) electrons. The molecule has 2 aromatic rings. The van der Waals surface area contributed by atoms with Gasteiger partial charge in [-0.1, -0.05) is 18.2 Å². The lowest BCUT2D eigenvalue weighted by atomic mass is 10.2. The Morgan fingerprint density at radius 1 is 1.09 bits per heavy atom. The third kappa shape index (κ3) is 2.90. The Labute approximate surface area is 133 Å². The van der Waals surface area contributed by atoms with Crippen molar-refractivity contribution in [3.05, 3.63) is 64.2 Å². The normalized spacial score (nSPS) is 14.9. The van der Waals surface area contributed by atoms with E-state index in [1.165, 1.54) is 28.6 Å². The predicted molar refractivity (Wildman–Crippen MR) is 83.7 cm³/mol. The first-order valence-corrected chi connectivity index (χ1v) is 8.37. The number of para-hydroxylation sites is 1. The summed E-state index contributed by atoms with van der Waals surface area (Å²) in [5.41, 5.74) is 1.21. The Kier molecular flexibility index (Phi) is 4.01. The Balaban J connectivity index is 2.04. The summed E-state index contributed by atoms with van der Waals surface area (Å²) < 4.78 is 32.5. The fraction of sp³-hybridized carbons (Fsp3) is 0.200. The summed E-state index contributed by atoms with van der Waals surface area (Å²) >= 11 is 0. The maximum atomic E-state index is 12.9. The van der Waals surface area contributed by atoms with Crippen molar-refractivity contribution in [2.75, 3.05) is 17.5 Å². The number of benzene rings is 2. The maximum Gasteiger partial charge on any atom is 0.269 e. The molecule has 0 bridgehead atoms. The largest absolute Gasteiger partial charge is 0.375 e. The molecule has 0 atom stereocenters. The van der Waals surface area contributed by atoms with Gasteiger partial charge in [0.25, 0.3) is 15.7 Å². The van der Waals surface area contributed by atoms with E-state index in [2.05, 4.69) is 0 Å². The molecule has 0 saturated carbocycles. The third-order valence-electron chi connectivity index (χ3n) is 3.59. The van der Waals surface area contributed by atoms with Gasteiger partial charge in [-0.05, 0) is 18.2 Å². The van der Waals surface area contributed by atoms with E-state index < -0.39 is 14.9 Å². The molecule has 1 aliphatic rings. The second-order valence-electron chi connectivity index (χ2n) is 5.01. The van der Waals surface area contributed by atoms with Gasteiger partial charge in [0.1, 0.15) is 0 Å². The highest BCUT2D eigenvalue weighted by Gasteiger charge is 2.28. The molecule has 0 aliphatic carbocycles. The lowest BCUT2D eigenvalue weighted by Gasteiger charge is -2.23. The van der Waals surface area contributed by atoms with Gasteiger partial charge in [-0.2, -0.15) is 0 Å². The van der Waals surface area contributed by atoms with Gasteiger partial charge >= 0.3 is 0 Å². The van der Waals surface area contributed by atoms with Crippen LogP contribution in [0.2, 0.25) is 0 Å². The van der Waals surface area contributed by atoms with E-state index in [0.717, 1.165) is 5.56 Å². The van der Waals surface area contributed by atoms with Gasteiger partial charge in [-0.25, -0.2) is 8.42 Å². The van der Waals surface area contributed by atoms with Crippen molar-refractivity contribution in [1.82, 2.24) is 0 Å². The lowest BCUT2D eigenvalue weighted by Crippen LogP contribution is -2.33. The summed E-state index contributed by atoms with van der Waals surface area (Å²) in [5, 5.41) is 10.7. The van der Waals surface area contributed by atoms with Crippen LogP contribution in [-0.2, 0) is 21.4 Å². The van der Waals surface area contributed by atoms with E-state index in [-0.39, 0.29) is 23.7 Å². The number of nitro benzene ring substituents is 1. The molecule has 0 unspecified atom stereocenters. The molecule has 0 fully saturated rings. The summed E-state index contributed by atoms with van der Waals surface area (Å²) in [6.07, 6.45) is 0. The number of non-ortho nitro benzene ring substituents is 1. The van der Waals surface area contributed by atoms with Gasteiger partial charge < -0.3 is 4.74 Å². The summed E-state index contributed by atoms with van der Waals surface area (Å²) in [5.74, 6) is 0. The average molecular weight is 334 g/mol. The van der Waals surface area contributed by atoms with E-state index in [9.17, 15) is 18.5 Å². The van der Waals surface area contributed by atoms with Gasteiger partial charge in [0.05, 0.1) is 35.3 Å². The molecule has 0 saturated heterocycles. The van der Waals surface area contributed by atoms with Gasteiger partial charge in [0, 0.05) is 17.7 Å². The van der Waals surface area contributed by atoms with Gasteiger partial charge in [0.15, 0.2) is 0 Å². The van der Waals surface area contributed by atoms with Crippen molar-refractivity contribution in [2.24, 2.45) is 0 Å². The quantitative estimate of drug-likeness (QED) is 0.635. The van der Waals surface area contributed by atoms with Crippen LogP contribution < -0.4 is 4.31 Å². The standard InChI is InChI=1S/C15H14N2O5S/c18-17(19)13-5-7-14(8-6-13)23(20,21)16-9-10-22-11-12-3-1-2-4-15(12)16/h1-8H,9-11H2. The zero-order valence-corrected chi connectivity index (χ0v) is 12.9. The first kappa shape index (κ1) is 15.4. The molecule has 0 amide bonds. The fourth-order valence-corrected chi connectivity index (χ4v) is 3.93. The molecule has 8 heteroatoms. The molecule has 2 aromatic carbocycles.